The Balaban J connectivity index is 1.18. The number of carbonyl (C=O) groups excluding carboxylic acids is 2. The van der Waals surface area contributed by atoms with Gasteiger partial charge in [0.1, 0.15) is 11.8 Å². The van der Waals surface area contributed by atoms with Crippen molar-refractivity contribution in [2.45, 2.75) is 70.8 Å². The number of aromatic nitrogens is 2. The summed E-state index contributed by atoms with van der Waals surface area (Å²) in [5.74, 6) is 2.37. The van der Waals surface area contributed by atoms with E-state index in [-0.39, 0.29) is 23.3 Å². The van der Waals surface area contributed by atoms with Gasteiger partial charge in [-0.15, -0.1) is 0 Å². The molecule has 37 heavy (non-hydrogen) atoms. The zero-order chi connectivity index (χ0) is 25.7. The second-order valence-electron chi connectivity index (χ2n) is 10.8. The number of nitrogens with one attached hydrogen (secondary N) is 1. The number of nitrogens with zero attached hydrogens (tertiary/aromatic N) is 4. The van der Waals surface area contributed by atoms with Crippen LogP contribution in [-0.4, -0.2) is 71.1 Å². The fourth-order valence-corrected chi connectivity index (χ4v) is 6.06. The lowest BCUT2D eigenvalue weighted by Crippen LogP contribution is -2.51. The lowest BCUT2D eigenvalue weighted by molar-refractivity contribution is -0.137. The molecule has 3 aliphatic rings. The normalized spacial score (nSPS) is 23.3. The minimum Gasteiger partial charge on any atom is -0.493 e. The van der Waals surface area contributed by atoms with Crippen molar-refractivity contribution in [3.8, 4) is 5.75 Å². The van der Waals surface area contributed by atoms with Crippen LogP contribution in [0, 0.1) is 12.3 Å². The van der Waals surface area contributed by atoms with Gasteiger partial charge >= 0.3 is 0 Å². The van der Waals surface area contributed by atoms with Gasteiger partial charge in [0, 0.05) is 13.1 Å². The van der Waals surface area contributed by atoms with E-state index in [4.69, 9.17) is 9.26 Å². The molecule has 2 saturated heterocycles. The van der Waals surface area contributed by atoms with Crippen molar-refractivity contribution in [1.82, 2.24) is 25.3 Å². The number of carbonyl (C=O) groups is 2. The highest BCUT2D eigenvalue weighted by Crippen LogP contribution is 2.38. The van der Waals surface area contributed by atoms with Gasteiger partial charge in [-0.3, -0.25) is 14.5 Å². The number of rotatable bonds is 3. The third-order valence-corrected chi connectivity index (χ3v) is 8.24. The minimum absolute atomic E-state index is 0.104. The Morgan fingerprint density at radius 3 is 2.76 bits per heavy atom. The number of hydrogen-bond donors (Lipinski definition) is 1. The van der Waals surface area contributed by atoms with Crippen LogP contribution in [0.25, 0.3) is 0 Å². The standard InChI is InChI=1S/C28H39N5O4/c1-21-30-26(37-31-21)23-10-6-16-33(23)25(34)20-32-17-13-28(14-18-32)12-5-4-9-22-8-2-3-11-24(22)36-19-7-15-29-27(28)35/h2-3,8,11,23H,4-7,9-10,12-20H2,1H3,(H,29,35). The molecule has 1 spiro atoms. The Morgan fingerprint density at radius 1 is 1.11 bits per heavy atom. The average Bonchev–Trinajstić information content (AvgIpc) is 3.57. The highest BCUT2D eigenvalue weighted by atomic mass is 16.5. The van der Waals surface area contributed by atoms with E-state index in [2.05, 4.69) is 32.5 Å². The number of amides is 2. The number of aryl methyl sites for hydroxylation is 2. The van der Waals surface area contributed by atoms with Crippen LogP contribution in [0.1, 0.15) is 74.7 Å². The highest BCUT2D eigenvalue weighted by Gasteiger charge is 2.42. The van der Waals surface area contributed by atoms with Crippen molar-refractivity contribution in [3.05, 3.63) is 41.5 Å². The molecule has 0 saturated carbocycles. The lowest BCUT2D eigenvalue weighted by Gasteiger charge is -2.41. The van der Waals surface area contributed by atoms with Crippen LogP contribution in [0.4, 0.5) is 0 Å². The van der Waals surface area contributed by atoms with Crippen LogP contribution in [-0.2, 0) is 16.0 Å². The first-order valence-electron chi connectivity index (χ1n) is 13.9. The summed E-state index contributed by atoms with van der Waals surface area (Å²) in [5.41, 5.74) is 0.894. The molecule has 9 heteroatoms. The first-order valence-corrected chi connectivity index (χ1v) is 13.9. The number of piperidine rings is 1. The van der Waals surface area contributed by atoms with Crippen molar-refractivity contribution in [3.63, 3.8) is 0 Å². The number of hydrogen-bond acceptors (Lipinski definition) is 7. The van der Waals surface area contributed by atoms with E-state index in [1.807, 2.05) is 17.0 Å². The topological polar surface area (TPSA) is 101 Å². The van der Waals surface area contributed by atoms with Gasteiger partial charge in [0.15, 0.2) is 5.82 Å². The van der Waals surface area contributed by atoms with Gasteiger partial charge in [0.05, 0.1) is 18.6 Å². The maximum Gasteiger partial charge on any atom is 0.249 e. The van der Waals surface area contributed by atoms with E-state index in [9.17, 15) is 9.59 Å². The van der Waals surface area contributed by atoms with Gasteiger partial charge in [-0.05, 0) is 83.0 Å². The van der Waals surface area contributed by atoms with Crippen LogP contribution in [0.3, 0.4) is 0 Å². The van der Waals surface area contributed by atoms with Crippen molar-refractivity contribution >= 4 is 11.8 Å². The van der Waals surface area contributed by atoms with Crippen molar-refractivity contribution in [1.29, 1.82) is 0 Å². The summed E-state index contributed by atoms with van der Waals surface area (Å²) in [4.78, 5) is 35.1. The summed E-state index contributed by atoms with van der Waals surface area (Å²) >= 11 is 0. The zero-order valence-corrected chi connectivity index (χ0v) is 21.9. The molecule has 0 bridgehead atoms. The summed E-state index contributed by atoms with van der Waals surface area (Å²) in [5, 5.41) is 7.10. The summed E-state index contributed by atoms with van der Waals surface area (Å²) in [6, 6.07) is 8.15. The van der Waals surface area contributed by atoms with Crippen LogP contribution < -0.4 is 10.1 Å². The van der Waals surface area contributed by atoms with Crippen molar-refractivity contribution < 1.29 is 18.8 Å². The molecule has 2 aromatic rings. The third-order valence-electron chi connectivity index (χ3n) is 8.24. The number of benzene rings is 1. The van der Waals surface area contributed by atoms with Gasteiger partial charge in [0.2, 0.25) is 17.7 Å². The van der Waals surface area contributed by atoms with Crippen LogP contribution in [0.5, 0.6) is 5.75 Å². The number of ether oxygens (including phenoxy) is 1. The quantitative estimate of drug-likeness (QED) is 0.676. The van der Waals surface area contributed by atoms with Gasteiger partial charge in [-0.25, -0.2) is 0 Å². The molecule has 3 aliphatic heterocycles. The maximum atomic E-state index is 13.4. The molecule has 200 valence electrons. The molecular formula is C28H39N5O4. The SMILES string of the molecule is Cc1noc(C2CCCN2C(=O)CN2CCC3(CCCCc4ccccc4OCCCNC3=O)CC2)n1. The summed E-state index contributed by atoms with van der Waals surface area (Å²) in [6.45, 7) is 5.61. The van der Waals surface area contributed by atoms with Crippen LogP contribution in [0.2, 0.25) is 0 Å². The highest BCUT2D eigenvalue weighted by molar-refractivity contribution is 5.83. The molecule has 1 unspecified atom stereocenters. The van der Waals surface area contributed by atoms with Crippen LogP contribution >= 0.6 is 0 Å². The summed E-state index contributed by atoms with van der Waals surface area (Å²) in [6.07, 6.45) is 8.02. The second-order valence-corrected chi connectivity index (χ2v) is 10.8. The number of likely N-dealkylation sites (tertiary alicyclic amines) is 2. The van der Waals surface area contributed by atoms with E-state index in [0.717, 1.165) is 83.2 Å². The molecule has 2 fully saturated rings. The van der Waals surface area contributed by atoms with E-state index >= 15 is 0 Å². The fraction of sp³-hybridized carbons (Fsp3) is 0.643. The first kappa shape index (κ1) is 25.7. The molecular weight excluding hydrogens is 470 g/mol. The van der Waals surface area contributed by atoms with E-state index in [0.29, 0.717) is 31.4 Å². The maximum absolute atomic E-state index is 13.4. The van der Waals surface area contributed by atoms with E-state index in [1.54, 1.807) is 6.92 Å². The van der Waals surface area contributed by atoms with Gasteiger partial charge in [-0.2, -0.15) is 4.98 Å². The van der Waals surface area contributed by atoms with Gasteiger partial charge in [-0.1, -0.05) is 29.8 Å². The molecule has 0 aliphatic carbocycles. The van der Waals surface area contributed by atoms with Crippen molar-refractivity contribution in [2.24, 2.45) is 5.41 Å². The molecule has 4 heterocycles. The van der Waals surface area contributed by atoms with Gasteiger partial charge < -0.3 is 19.5 Å². The van der Waals surface area contributed by atoms with E-state index in [1.165, 1.54) is 5.56 Å². The van der Waals surface area contributed by atoms with Gasteiger partial charge in [0.25, 0.3) is 0 Å². The number of para-hydroxylation sites is 1. The summed E-state index contributed by atoms with van der Waals surface area (Å²) < 4.78 is 11.4. The molecule has 9 nitrogen and oxygen atoms in total. The van der Waals surface area contributed by atoms with Crippen molar-refractivity contribution in [2.75, 3.05) is 39.3 Å². The lowest BCUT2D eigenvalue weighted by atomic mass is 9.73. The first-order chi connectivity index (χ1) is 18.0. The minimum atomic E-state index is -0.356. The Bertz CT molecular complexity index is 1080. The Labute approximate surface area is 218 Å². The number of fused-ring (bicyclic) bond motifs is 1. The smallest absolute Gasteiger partial charge is 0.249 e. The monoisotopic (exact) mass is 509 g/mol. The third kappa shape index (κ3) is 5.98. The molecule has 1 aromatic heterocycles. The van der Waals surface area contributed by atoms with Crippen LogP contribution in [0.15, 0.2) is 28.8 Å². The Morgan fingerprint density at radius 2 is 1.95 bits per heavy atom. The largest absolute Gasteiger partial charge is 0.493 e. The predicted molar refractivity (Wildman–Crippen MR) is 138 cm³/mol. The second kappa shape index (κ2) is 11.6. The molecule has 5 rings (SSSR count). The molecule has 1 N–H and O–H groups in total. The Kier molecular flexibility index (Phi) is 8.08. The molecule has 1 aromatic carbocycles. The summed E-state index contributed by atoms with van der Waals surface area (Å²) in [7, 11) is 0. The van der Waals surface area contributed by atoms with E-state index < -0.39 is 0 Å². The Hall–Kier alpha value is -2.94. The molecule has 0 radical (unpaired) electrons. The molecule has 1 atom stereocenters. The fourth-order valence-electron chi connectivity index (χ4n) is 6.06. The average molecular weight is 510 g/mol. The zero-order valence-electron chi connectivity index (χ0n) is 21.9. The molecule has 2 amide bonds. The predicted octanol–water partition coefficient (Wildman–Crippen LogP) is 3.44.